The molecule has 0 aliphatic carbocycles. The van der Waals surface area contributed by atoms with Crippen molar-refractivity contribution in [3.05, 3.63) is 0 Å². The number of esters is 1. The third-order valence-corrected chi connectivity index (χ3v) is 2.22. The van der Waals surface area contributed by atoms with Crippen LogP contribution < -0.4 is 0 Å². The Labute approximate surface area is 77.8 Å². The Balaban J connectivity index is 2.54. The van der Waals surface area contributed by atoms with Crippen LogP contribution in [0.5, 0.6) is 0 Å². The molecular weight excluding hydrogens is 172 g/mol. The molecule has 0 amide bonds. The van der Waals surface area contributed by atoms with Crippen LogP contribution in [0.15, 0.2) is 0 Å². The standard InChI is InChI=1S/C9H16O4/c1-6(2)4-7(10)9(5-13-9)8(11)12-3/h6-7,10H,4-5H2,1-3H3/t7-,9-/m1/s1. The Morgan fingerprint density at radius 1 is 1.69 bits per heavy atom. The minimum absolute atomic E-state index is 0.271. The van der Waals surface area contributed by atoms with Gasteiger partial charge in [-0.2, -0.15) is 0 Å². The largest absolute Gasteiger partial charge is 0.467 e. The van der Waals surface area contributed by atoms with Crippen LogP contribution >= 0.6 is 0 Å². The zero-order chi connectivity index (χ0) is 10.1. The first-order chi connectivity index (χ1) is 6.03. The molecule has 1 aliphatic rings. The molecule has 0 unspecified atom stereocenters. The third kappa shape index (κ3) is 2.00. The fraction of sp³-hybridized carbons (Fsp3) is 0.889. The minimum atomic E-state index is -1.06. The highest BCUT2D eigenvalue weighted by molar-refractivity contribution is 5.83. The highest BCUT2D eigenvalue weighted by atomic mass is 16.6. The van der Waals surface area contributed by atoms with E-state index in [4.69, 9.17) is 4.74 Å². The van der Waals surface area contributed by atoms with Gasteiger partial charge in [-0.25, -0.2) is 4.79 Å². The van der Waals surface area contributed by atoms with Gasteiger partial charge < -0.3 is 14.6 Å². The second-order valence-electron chi connectivity index (χ2n) is 3.82. The lowest BCUT2D eigenvalue weighted by atomic mass is 9.95. The number of aliphatic hydroxyl groups is 1. The molecule has 76 valence electrons. The predicted molar refractivity (Wildman–Crippen MR) is 46.2 cm³/mol. The van der Waals surface area contributed by atoms with Crippen molar-refractivity contribution in [1.29, 1.82) is 0 Å². The lowest BCUT2D eigenvalue weighted by Crippen LogP contribution is -2.39. The van der Waals surface area contributed by atoms with Crippen LogP contribution in [0.3, 0.4) is 0 Å². The summed E-state index contributed by atoms with van der Waals surface area (Å²) in [5, 5.41) is 9.69. The summed E-state index contributed by atoms with van der Waals surface area (Å²) in [6, 6.07) is 0. The van der Waals surface area contributed by atoms with Crippen LogP contribution in [0.4, 0.5) is 0 Å². The molecule has 0 aromatic carbocycles. The highest BCUT2D eigenvalue weighted by Crippen LogP contribution is 2.35. The zero-order valence-electron chi connectivity index (χ0n) is 8.24. The second kappa shape index (κ2) is 3.64. The molecule has 1 aliphatic heterocycles. The number of methoxy groups -OCH3 is 1. The van der Waals surface area contributed by atoms with Gasteiger partial charge in [0.25, 0.3) is 0 Å². The molecule has 0 aromatic heterocycles. The lowest BCUT2D eigenvalue weighted by Gasteiger charge is -2.18. The molecule has 0 aromatic rings. The summed E-state index contributed by atoms with van der Waals surface area (Å²) in [4.78, 5) is 11.2. The van der Waals surface area contributed by atoms with Crippen molar-refractivity contribution in [2.24, 2.45) is 5.92 Å². The normalized spacial score (nSPS) is 28.7. The van der Waals surface area contributed by atoms with Crippen LogP contribution in [-0.2, 0) is 14.3 Å². The third-order valence-electron chi connectivity index (χ3n) is 2.22. The monoisotopic (exact) mass is 188 g/mol. The van der Waals surface area contributed by atoms with E-state index in [1.807, 2.05) is 13.8 Å². The van der Waals surface area contributed by atoms with E-state index < -0.39 is 17.7 Å². The van der Waals surface area contributed by atoms with Gasteiger partial charge >= 0.3 is 5.97 Å². The predicted octanol–water partition coefficient (Wildman–Crippen LogP) is 0.335. The molecule has 0 saturated carbocycles. The van der Waals surface area contributed by atoms with Gasteiger partial charge in [0, 0.05) is 0 Å². The first kappa shape index (κ1) is 10.5. The molecular formula is C9H16O4. The summed E-state index contributed by atoms with van der Waals surface area (Å²) in [7, 11) is 1.30. The summed E-state index contributed by atoms with van der Waals surface area (Å²) in [5.41, 5.74) is -1.06. The molecule has 0 bridgehead atoms. The number of hydrogen-bond acceptors (Lipinski definition) is 4. The average Bonchev–Trinajstić information content (AvgIpc) is 2.82. The molecule has 4 nitrogen and oxygen atoms in total. The van der Waals surface area contributed by atoms with Crippen LogP contribution in [0.2, 0.25) is 0 Å². The number of ether oxygens (including phenoxy) is 2. The molecule has 4 heteroatoms. The Bertz CT molecular complexity index is 196. The number of aliphatic hydroxyl groups excluding tert-OH is 1. The van der Waals surface area contributed by atoms with Gasteiger partial charge in [-0.05, 0) is 12.3 Å². The molecule has 13 heavy (non-hydrogen) atoms. The summed E-state index contributed by atoms with van der Waals surface area (Å²) in [5.74, 6) is -0.138. The van der Waals surface area contributed by atoms with Crippen LogP contribution in [0, 0.1) is 5.92 Å². The number of carbonyl (C=O) groups excluding carboxylic acids is 1. The molecule has 1 N–H and O–H groups in total. The Morgan fingerprint density at radius 3 is 2.54 bits per heavy atom. The van der Waals surface area contributed by atoms with E-state index in [0.29, 0.717) is 12.3 Å². The molecule has 1 saturated heterocycles. The number of hydrogen-bond donors (Lipinski definition) is 1. The van der Waals surface area contributed by atoms with E-state index in [1.165, 1.54) is 7.11 Å². The van der Waals surface area contributed by atoms with Gasteiger partial charge in [0.05, 0.1) is 19.8 Å². The van der Waals surface area contributed by atoms with Crippen LogP contribution in [-0.4, -0.2) is 36.5 Å². The lowest BCUT2D eigenvalue weighted by molar-refractivity contribution is -0.151. The summed E-state index contributed by atoms with van der Waals surface area (Å²) < 4.78 is 9.54. The summed E-state index contributed by atoms with van der Waals surface area (Å²) in [6.07, 6.45) is -0.199. The molecule has 1 heterocycles. The maximum atomic E-state index is 11.2. The van der Waals surface area contributed by atoms with Gasteiger partial charge in [0.1, 0.15) is 0 Å². The summed E-state index contributed by atoms with van der Waals surface area (Å²) in [6.45, 7) is 4.24. The quantitative estimate of drug-likeness (QED) is 0.510. The van der Waals surface area contributed by atoms with Gasteiger partial charge in [0.2, 0.25) is 5.60 Å². The van der Waals surface area contributed by atoms with Crippen molar-refractivity contribution >= 4 is 5.97 Å². The zero-order valence-corrected chi connectivity index (χ0v) is 8.24. The van der Waals surface area contributed by atoms with Gasteiger partial charge in [-0.1, -0.05) is 13.8 Å². The van der Waals surface area contributed by atoms with E-state index in [2.05, 4.69) is 4.74 Å². The average molecular weight is 188 g/mol. The molecule has 0 radical (unpaired) electrons. The van der Waals surface area contributed by atoms with E-state index >= 15 is 0 Å². The van der Waals surface area contributed by atoms with Crippen molar-refractivity contribution in [3.8, 4) is 0 Å². The topological polar surface area (TPSA) is 59.1 Å². The second-order valence-corrected chi connectivity index (χ2v) is 3.82. The van der Waals surface area contributed by atoms with Crippen molar-refractivity contribution < 1.29 is 19.4 Å². The van der Waals surface area contributed by atoms with E-state index in [0.717, 1.165) is 0 Å². The maximum absolute atomic E-state index is 11.2. The Hall–Kier alpha value is -0.610. The first-order valence-electron chi connectivity index (χ1n) is 4.43. The van der Waals surface area contributed by atoms with Gasteiger partial charge in [0.15, 0.2) is 0 Å². The fourth-order valence-corrected chi connectivity index (χ4v) is 1.33. The maximum Gasteiger partial charge on any atom is 0.343 e. The first-order valence-corrected chi connectivity index (χ1v) is 4.43. The van der Waals surface area contributed by atoms with E-state index in [-0.39, 0.29) is 6.61 Å². The number of epoxide rings is 1. The molecule has 1 fully saturated rings. The molecule has 2 atom stereocenters. The van der Waals surface area contributed by atoms with Gasteiger partial charge in [-0.3, -0.25) is 0 Å². The smallest absolute Gasteiger partial charge is 0.343 e. The molecule has 1 rings (SSSR count). The fourth-order valence-electron chi connectivity index (χ4n) is 1.33. The number of rotatable bonds is 4. The minimum Gasteiger partial charge on any atom is -0.467 e. The van der Waals surface area contributed by atoms with Crippen LogP contribution in [0.1, 0.15) is 20.3 Å². The van der Waals surface area contributed by atoms with E-state index in [9.17, 15) is 9.90 Å². The Kier molecular flexibility index (Phi) is 2.93. The Morgan fingerprint density at radius 2 is 2.23 bits per heavy atom. The SMILES string of the molecule is COC(=O)[C@]1([C@H](O)CC(C)C)CO1. The van der Waals surface area contributed by atoms with Crippen molar-refractivity contribution in [2.45, 2.75) is 32.0 Å². The van der Waals surface area contributed by atoms with Gasteiger partial charge in [-0.15, -0.1) is 0 Å². The van der Waals surface area contributed by atoms with Crippen molar-refractivity contribution in [3.63, 3.8) is 0 Å². The number of carbonyl (C=O) groups is 1. The highest BCUT2D eigenvalue weighted by Gasteiger charge is 2.59. The van der Waals surface area contributed by atoms with Crippen molar-refractivity contribution in [2.75, 3.05) is 13.7 Å². The van der Waals surface area contributed by atoms with Crippen LogP contribution in [0.25, 0.3) is 0 Å². The van der Waals surface area contributed by atoms with Crippen molar-refractivity contribution in [1.82, 2.24) is 0 Å². The van der Waals surface area contributed by atoms with E-state index in [1.54, 1.807) is 0 Å². The summed E-state index contributed by atoms with van der Waals surface area (Å²) >= 11 is 0. The molecule has 0 spiro atoms.